The van der Waals surface area contributed by atoms with Crippen molar-refractivity contribution in [3.63, 3.8) is 0 Å². The lowest BCUT2D eigenvalue weighted by Gasteiger charge is -2.47. The molecule has 3 saturated heterocycles. The number of oxime groups is 1. The summed E-state index contributed by atoms with van der Waals surface area (Å²) in [6.45, 7) is 9.26. The van der Waals surface area contributed by atoms with Gasteiger partial charge in [-0.15, -0.1) is 0 Å². The van der Waals surface area contributed by atoms with Gasteiger partial charge in [0.15, 0.2) is 25.0 Å². The van der Waals surface area contributed by atoms with Crippen molar-refractivity contribution in [1.82, 2.24) is 14.9 Å². The van der Waals surface area contributed by atoms with Crippen LogP contribution in [0.25, 0.3) is 11.0 Å². The van der Waals surface area contributed by atoms with Crippen LogP contribution >= 0.6 is 0 Å². The summed E-state index contributed by atoms with van der Waals surface area (Å²) in [4.78, 5) is 43.3. The molecule has 4 aliphatic heterocycles. The van der Waals surface area contributed by atoms with Crippen molar-refractivity contribution in [3.05, 3.63) is 53.9 Å². The van der Waals surface area contributed by atoms with Crippen LogP contribution in [-0.2, 0) is 63.7 Å². The SMILES string of the molecule is CO[C@@H]1[C@H](O)[C@@H](C)O[C@@H](OC[C@H]2/C=C(C)/C=C/C(=O)[C@H](C)CC3CCOC/C(=N\OCc4nc5ccccc5[nH]4)CO[C@H](CC(=O)OC2)[C@H](C)[C@H]3O[C@@H]2O[C@H](C)[C@@H](O)[C@H](N(C)C)[C@H]2O)[C@@H]1OC. The maximum atomic E-state index is 14.1. The zero-order chi connectivity index (χ0) is 48.4. The van der Waals surface area contributed by atoms with Crippen molar-refractivity contribution in [2.75, 3.05) is 61.3 Å². The Morgan fingerprint density at radius 2 is 1.64 bits per heavy atom. The zero-order valence-electron chi connectivity index (χ0n) is 40.2. The summed E-state index contributed by atoms with van der Waals surface area (Å²) in [5.41, 5.74) is 2.83. The van der Waals surface area contributed by atoms with E-state index in [2.05, 4.69) is 15.1 Å². The van der Waals surface area contributed by atoms with E-state index in [-0.39, 0.29) is 57.8 Å². The number of fused-ring (bicyclic) bond motifs is 4. The Hall–Kier alpha value is -3.70. The Balaban J connectivity index is 1.29. The van der Waals surface area contributed by atoms with Gasteiger partial charge in [0.2, 0.25) is 0 Å². The number of carbonyl (C=O) groups is 2. The van der Waals surface area contributed by atoms with Crippen molar-refractivity contribution in [3.8, 4) is 0 Å². The second-order valence-electron chi connectivity index (χ2n) is 18.6. The molecular formula is C48H72N4O15. The van der Waals surface area contributed by atoms with Crippen LogP contribution in [0.3, 0.4) is 0 Å². The number of aromatic amines is 1. The van der Waals surface area contributed by atoms with E-state index >= 15 is 0 Å². The average molecular weight is 945 g/mol. The number of benzene rings is 1. The predicted molar refractivity (Wildman–Crippen MR) is 243 cm³/mol. The van der Waals surface area contributed by atoms with Gasteiger partial charge >= 0.3 is 5.97 Å². The Labute approximate surface area is 393 Å². The first-order valence-corrected chi connectivity index (χ1v) is 23.3. The molecule has 0 amide bonds. The smallest absolute Gasteiger partial charge is 0.308 e. The van der Waals surface area contributed by atoms with E-state index in [1.54, 1.807) is 45.0 Å². The molecule has 0 aliphatic carbocycles. The number of methoxy groups -OCH3 is 2. The van der Waals surface area contributed by atoms with E-state index in [4.69, 9.17) is 47.5 Å². The molecule has 4 N–H and O–H groups in total. The maximum Gasteiger partial charge on any atom is 0.308 e. The van der Waals surface area contributed by atoms with Crippen molar-refractivity contribution < 1.29 is 72.4 Å². The summed E-state index contributed by atoms with van der Waals surface area (Å²) >= 11 is 0. The minimum Gasteiger partial charge on any atom is -0.465 e. The number of likely N-dealkylation sites (N-methyl/N-ethyl adjacent to an activating group) is 1. The van der Waals surface area contributed by atoms with Crippen molar-refractivity contribution in [1.29, 1.82) is 0 Å². The van der Waals surface area contributed by atoms with Gasteiger partial charge in [-0.05, 0) is 71.8 Å². The molecule has 16 atom stereocenters. The van der Waals surface area contributed by atoms with Crippen molar-refractivity contribution >= 4 is 28.5 Å². The third-order valence-electron chi connectivity index (χ3n) is 13.2. The molecule has 5 heterocycles. The number of esters is 1. The summed E-state index contributed by atoms with van der Waals surface area (Å²) in [6.07, 6.45) is -3.94. The number of para-hydroxylation sites is 2. The van der Waals surface area contributed by atoms with Gasteiger partial charge in [-0.3, -0.25) is 9.59 Å². The van der Waals surface area contributed by atoms with Crippen LogP contribution < -0.4 is 0 Å². The molecule has 1 aromatic carbocycles. The molecule has 67 heavy (non-hydrogen) atoms. The summed E-state index contributed by atoms with van der Waals surface area (Å²) < 4.78 is 55.3. The Kier molecular flexibility index (Phi) is 19.4. The number of imidazole rings is 1. The van der Waals surface area contributed by atoms with Gasteiger partial charge in [-0.25, -0.2) is 4.98 Å². The number of aromatic nitrogens is 2. The molecular weight excluding hydrogens is 873 g/mol. The number of ketones is 1. The lowest BCUT2D eigenvalue weighted by Crippen LogP contribution is -2.63. The highest BCUT2D eigenvalue weighted by Gasteiger charge is 2.48. The van der Waals surface area contributed by atoms with Crippen LogP contribution in [0.4, 0.5) is 0 Å². The molecule has 1 unspecified atom stereocenters. The summed E-state index contributed by atoms with van der Waals surface area (Å²) in [6, 6.07) is 6.93. The number of ether oxygens (including phenoxy) is 9. The Morgan fingerprint density at radius 3 is 2.37 bits per heavy atom. The highest BCUT2D eigenvalue weighted by Crippen LogP contribution is 2.36. The van der Waals surface area contributed by atoms with Gasteiger partial charge in [0.25, 0.3) is 0 Å². The maximum absolute atomic E-state index is 14.1. The van der Waals surface area contributed by atoms with Gasteiger partial charge in [-0.2, -0.15) is 0 Å². The van der Waals surface area contributed by atoms with Crippen LogP contribution in [0.2, 0.25) is 0 Å². The molecule has 3 fully saturated rings. The van der Waals surface area contributed by atoms with Crippen molar-refractivity contribution in [2.24, 2.45) is 28.8 Å². The highest BCUT2D eigenvalue weighted by atomic mass is 16.7. The molecule has 2 bridgehead atoms. The number of hydrogen-bond acceptors (Lipinski definition) is 18. The summed E-state index contributed by atoms with van der Waals surface area (Å²) in [5, 5.41) is 37.8. The normalized spacial score (nSPS) is 38.6. The van der Waals surface area contributed by atoms with E-state index in [1.165, 1.54) is 14.2 Å². The number of H-pyrrole nitrogens is 1. The zero-order valence-corrected chi connectivity index (χ0v) is 40.2. The molecule has 374 valence electrons. The average Bonchev–Trinajstić information content (AvgIpc) is 3.71. The minimum atomic E-state index is -1.25. The third-order valence-corrected chi connectivity index (χ3v) is 13.2. The minimum absolute atomic E-state index is 0.0269. The molecule has 2 aromatic rings. The third kappa shape index (κ3) is 13.8. The van der Waals surface area contributed by atoms with Gasteiger partial charge in [0, 0.05) is 38.6 Å². The molecule has 0 spiro atoms. The number of rotatable bonds is 11. The number of cyclic esters (lactones) is 1. The number of nitrogens with zero attached hydrogens (tertiary/aromatic N) is 3. The van der Waals surface area contributed by atoms with Crippen LogP contribution in [0.1, 0.15) is 59.7 Å². The molecule has 0 radical (unpaired) electrons. The molecule has 0 saturated carbocycles. The Bertz CT molecular complexity index is 1960. The molecule has 1 aromatic heterocycles. The number of aliphatic hydroxyl groups is 3. The summed E-state index contributed by atoms with van der Waals surface area (Å²) in [5.74, 6) is -2.01. The van der Waals surface area contributed by atoms with E-state index in [0.29, 0.717) is 24.4 Å². The Morgan fingerprint density at radius 1 is 0.910 bits per heavy atom. The second kappa shape index (κ2) is 24.7. The molecule has 19 nitrogen and oxygen atoms in total. The number of allylic oxidation sites excluding steroid dienone is 3. The number of hydrogen-bond donors (Lipinski definition) is 4. The lowest BCUT2D eigenvalue weighted by atomic mass is 9.79. The van der Waals surface area contributed by atoms with Crippen LogP contribution in [0, 0.1) is 23.7 Å². The predicted octanol–water partition coefficient (Wildman–Crippen LogP) is 3.09. The quantitative estimate of drug-likeness (QED) is 0.187. The van der Waals surface area contributed by atoms with Crippen LogP contribution in [0.15, 0.2) is 53.2 Å². The first-order chi connectivity index (χ1) is 32.1. The number of carbonyl (C=O) groups excluding carboxylic acids is 2. The topological polar surface area (TPSA) is 231 Å². The molecule has 19 heteroatoms. The fourth-order valence-corrected chi connectivity index (χ4v) is 9.36. The standard InChI is InChI=1S/C48H72N4O15/c1-26-14-15-36(53)27(2)19-32-16-17-60-23-33(51-64-25-38-49-34-12-10-11-13-35(34)50-38)24-61-37(28(3)44(32)67-47-43(57)40(52(6)7)41(55)29(4)65-47)20-39(54)62-21-31(18-26)22-63-48-46(59-9)45(58-8)42(56)30(5)66-48/h10-15,18,27-32,37,40-48,55-57H,16-17,19-25H2,1-9H3,(H,49,50)/b15-14+,26-18+,51-33+/t27-,28+,29-,30-,31+,32?,37-,40+,41-,42-,43-,44-,45-,46-,47+,48-/m1/s1. The first-order valence-electron chi connectivity index (χ1n) is 23.3. The van der Waals surface area contributed by atoms with Gasteiger partial charge in [0.05, 0.1) is 80.4 Å². The van der Waals surface area contributed by atoms with E-state index in [1.807, 2.05) is 51.1 Å². The lowest BCUT2D eigenvalue weighted by molar-refractivity contribution is -0.305. The number of aliphatic hydroxyl groups excluding tert-OH is 3. The van der Waals surface area contributed by atoms with Gasteiger partial charge in [-0.1, -0.05) is 48.9 Å². The molecule has 4 aliphatic rings. The van der Waals surface area contributed by atoms with Gasteiger partial charge in [0.1, 0.15) is 36.0 Å². The van der Waals surface area contributed by atoms with Crippen molar-refractivity contribution in [2.45, 2.75) is 134 Å². The summed E-state index contributed by atoms with van der Waals surface area (Å²) in [7, 11) is 6.50. The fraction of sp³-hybridized carbons (Fsp3) is 0.708. The van der Waals surface area contributed by atoms with Crippen LogP contribution in [0.5, 0.6) is 0 Å². The van der Waals surface area contributed by atoms with E-state index in [0.717, 1.165) is 16.6 Å². The number of nitrogens with one attached hydrogen (secondary N) is 1. The fourth-order valence-electron chi connectivity index (χ4n) is 9.36. The highest BCUT2D eigenvalue weighted by molar-refractivity contribution is 5.91. The monoisotopic (exact) mass is 944 g/mol. The van der Waals surface area contributed by atoms with E-state index in [9.17, 15) is 24.9 Å². The largest absolute Gasteiger partial charge is 0.465 e. The van der Waals surface area contributed by atoms with Gasteiger partial charge < -0.3 is 72.7 Å². The van der Waals surface area contributed by atoms with Crippen LogP contribution in [-0.4, -0.2) is 183 Å². The van der Waals surface area contributed by atoms with E-state index < -0.39 is 97.3 Å². The molecule has 6 rings (SSSR count). The first kappa shape index (κ1) is 52.7. The second-order valence-corrected chi connectivity index (χ2v) is 18.6.